The fourth-order valence-electron chi connectivity index (χ4n) is 1.75. The zero-order chi connectivity index (χ0) is 13.1. The van der Waals surface area contributed by atoms with Gasteiger partial charge < -0.3 is 9.47 Å². The van der Waals surface area contributed by atoms with Crippen LogP contribution in [0.25, 0.3) is 0 Å². The van der Waals surface area contributed by atoms with Crippen molar-refractivity contribution in [1.29, 1.82) is 0 Å². The third-order valence-corrected chi connectivity index (χ3v) is 2.65. The average molecular weight is 239 g/mol. The topological polar surface area (TPSA) is 53.7 Å². The van der Waals surface area contributed by atoms with Crippen molar-refractivity contribution in [1.82, 2.24) is 0 Å². The van der Waals surface area contributed by atoms with Crippen LogP contribution in [0.15, 0.2) is 12.1 Å². The minimum Gasteiger partial charge on any atom is -0.496 e. The van der Waals surface area contributed by atoms with E-state index in [2.05, 4.69) is 25.6 Å². The van der Waals surface area contributed by atoms with E-state index in [0.717, 1.165) is 22.6 Å². The molecule has 0 spiro atoms. The molecule has 0 radical (unpaired) electrons. The number of nitrogens with two attached hydrogens (primary N) is 1. The van der Waals surface area contributed by atoms with Crippen molar-refractivity contribution < 1.29 is 14.3 Å². The van der Waals surface area contributed by atoms with E-state index in [-0.39, 0.29) is 5.41 Å². The number of benzene rings is 1. The summed E-state index contributed by atoms with van der Waals surface area (Å²) >= 11 is 0. The van der Waals surface area contributed by atoms with Crippen LogP contribution in [0.2, 0.25) is 0 Å². The molecule has 0 bridgehead atoms. The molecule has 0 saturated carbocycles. The van der Waals surface area contributed by atoms with Crippen molar-refractivity contribution in [2.75, 3.05) is 14.2 Å². The molecule has 0 aromatic heterocycles. The Hall–Kier alpha value is -1.26. The van der Waals surface area contributed by atoms with Crippen LogP contribution in [-0.2, 0) is 16.9 Å². The first-order valence-electron chi connectivity index (χ1n) is 5.51. The summed E-state index contributed by atoms with van der Waals surface area (Å²) < 4.78 is 10.7. The van der Waals surface area contributed by atoms with Gasteiger partial charge in [-0.1, -0.05) is 20.8 Å². The van der Waals surface area contributed by atoms with Crippen molar-refractivity contribution in [2.45, 2.75) is 32.8 Å². The van der Waals surface area contributed by atoms with Gasteiger partial charge in [0.2, 0.25) is 0 Å². The van der Waals surface area contributed by atoms with E-state index in [1.165, 1.54) is 0 Å². The molecule has 2 N–H and O–H groups in total. The normalized spacial score (nSPS) is 11.4. The highest BCUT2D eigenvalue weighted by Crippen LogP contribution is 2.36. The Labute approximate surface area is 103 Å². The zero-order valence-corrected chi connectivity index (χ0v) is 11.2. The van der Waals surface area contributed by atoms with Crippen LogP contribution in [-0.4, -0.2) is 14.2 Å². The number of methoxy groups -OCH3 is 2. The summed E-state index contributed by atoms with van der Waals surface area (Å²) in [5, 5.41) is 0. The van der Waals surface area contributed by atoms with E-state index in [0.29, 0.717) is 6.61 Å². The predicted molar refractivity (Wildman–Crippen MR) is 67.2 cm³/mol. The second kappa shape index (κ2) is 5.38. The molecule has 96 valence electrons. The van der Waals surface area contributed by atoms with Gasteiger partial charge in [-0.3, -0.25) is 4.84 Å². The summed E-state index contributed by atoms with van der Waals surface area (Å²) in [7, 11) is 3.29. The molecule has 0 amide bonds. The second-order valence-corrected chi connectivity index (χ2v) is 4.93. The van der Waals surface area contributed by atoms with Gasteiger partial charge in [0.1, 0.15) is 11.5 Å². The Morgan fingerprint density at radius 2 is 1.65 bits per heavy atom. The Morgan fingerprint density at radius 3 is 2.06 bits per heavy atom. The predicted octanol–water partition coefficient (Wildman–Crippen LogP) is 2.39. The van der Waals surface area contributed by atoms with Gasteiger partial charge in [0.15, 0.2) is 0 Å². The summed E-state index contributed by atoms with van der Waals surface area (Å²) in [6, 6.07) is 3.89. The summed E-state index contributed by atoms with van der Waals surface area (Å²) in [4.78, 5) is 4.66. The highest BCUT2D eigenvalue weighted by molar-refractivity contribution is 5.49. The lowest BCUT2D eigenvalue weighted by molar-refractivity contribution is 0.122. The van der Waals surface area contributed by atoms with Crippen molar-refractivity contribution in [2.24, 2.45) is 5.90 Å². The van der Waals surface area contributed by atoms with Gasteiger partial charge in [0.25, 0.3) is 0 Å². The smallest absolute Gasteiger partial charge is 0.125 e. The number of ether oxygens (including phenoxy) is 2. The molecule has 1 rings (SSSR count). The van der Waals surface area contributed by atoms with E-state index in [4.69, 9.17) is 15.4 Å². The molecule has 1 aromatic rings. The van der Waals surface area contributed by atoms with Crippen LogP contribution in [0.5, 0.6) is 11.5 Å². The first-order valence-corrected chi connectivity index (χ1v) is 5.51. The number of rotatable bonds is 4. The lowest BCUT2D eigenvalue weighted by atomic mass is 9.85. The van der Waals surface area contributed by atoms with Crippen molar-refractivity contribution in [3.63, 3.8) is 0 Å². The molecule has 0 unspecified atom stereocenters. The zero-order valence-electron chi connectivity index (χ0n) is 11.2. The van der Waals surface area contributed by atoms with Crippen LogP contribution < -0.4 is 15.4 Å². The molecule has 0 aliphatic rings. The number of hydrogen-bond donors (Lipinski definition) is 1. The van der Waals surface area contributed by atoms with E-state index >= 15 is 0 Å². The molecule has 1 aromatic carbocycles. The van der Waals surface area contributed by atoms with Gasteiger partial charge in [-0.25, -0.2) is 5.90 Å². The molecule has 4 heteroatoms. The van der Waals surface area contributed by atoms with Crippen LogP contribution in [0.1, 0.15) is 31.9 Å². The molecule has 0 aliphatic carbocycles. The van der Waals surface area contributed by atoms with E-state index in [9.17, 15) is 0 Å². The van der Waals surface area contributed by atoms with Gasteiger partial charge in [-0.2, -0.15) is 0 Å². The minimum atomic E-state index is -0.0132. The monoisotopic (exact) mass is 239 g/mol. The highest BCUT2D eigenvalue weighted by Gasteiger charge is 2.21. The van der Waals surface area contributed by atoms with Gasteiger partial charge in [0.05, 0.1) is 20.8 Å². The van der Waals surface area contributed by atoms with Crippen molar-refractivity contribution in [3.05, 3.63) is 23.3 Å². The quantitative estimate of drug-likeness (QED) is 0.820. The maximum absolute atomic E-state index is 5.41. The number of hydrogen-bond acceptors (Lipinski definition) is 4. The summed E-state index contributed by atoms with van der Waals surface area (Å²) in [5.74, 6) is 6.69. The molecule has 0 aliphatic heterocycles. The molecule has 0 heterocycles. The van der Waals surface area contributed by atoms with Gasteiger partial charge in [-0.05, 0) is 17.5 Å². The minimum absolute atomic E-state index is 0.0132. The molecule has 4 nitrogen and oxygen atoms in total. The molecular weight excluding hydrogens is 218 g/mol. The maximum atomic E-state index is 5.41. The summed E-state index contributed by atoms with van der Waals surface area (Å²) in [6.45, 7) is 6.68. The van der Waals surface area contributed by atoms with Gasteiger partial charge >= 0.3 is 0 Å². The van der Waals surface area contributed by atoms with Gasteiger partial charge in [0, 0.05) is 11.1 Å². The Balaban J connectivity index is 3.33. The third-order valence-electron chi connectivity index (χ3n) is 2.65. The molecule has 0 saturated heterocycles. The Kier molecular flexibility index (Phi) is 4.37. The molecule has 0 atom stereocenters. The third kappa shape index (κ3) is 3.11. The van der Waals surface area contributed by atoms with Gasteiger partial charge in [-0.15, -0.1) is 0 Å². The lowest BCUT2D eigenvalue weighted by Gasteiger charge is -2.24. The molecule has 0 fully saturated rings. The van der Waals surface area contributed by atoms with E-state index < -0.39 is 0 Å². The Morgan fingerprint density at radius 1 is 1.06 bits per heavy atom. The lowest BCUT2D eigenvalue weighted by Crippen LogP contribution is -2.14. The SMILES string of the molecule is COc1cc(C(C)(C)C)c(OC)cc1CON. The van der Waals surface area contributed by atoms with Crippen LogP contribution in [0, 0.1) is 0 Å². The average Bonchev–Trinajstić information content (AvgIpc) is 2.27. The van der Waals surface area contributed by atoms with E-state index in [1.54, 1.807) is 14.2 Å². The Bertz CT molecular complexity index is 383. The molecule has 17 heavy (non-hydrogen) atoms. The van der Waals surface area contributed by atoms with Crippen LogP contribution in [0.3, 0.4) is 0 Å². The maximum Gasteiger partial charge on any atom is 0.125 e. The van der Waals surface area contributed by atoms with Crippen LogP contribution >= 0.6 is 0 Å². The highest BCUT2D eigenvalue weighted by atomic mass is 16.6. The standard InChI is InChI=1S/C13H21NO3/c1-13(2,3)10-7-11(15-4)9(8-17-14)6-12(10)16-5/h6-7H,8,14H2,1-5H3. The van der Waals surface area contributed by atoms with Crippen molar-refractivity contribution >= 4 is 0 Å². The fourth-order valence-corrected chi connectivity index (χ4v) is 1.75. The summed E-state index contributed by atoms with van der Waals surface area (Å²) in [6.07, 6.45) is 0. The fraction of sp³-hybridized carbons (Fsp3) is 0.538. The second-order valence-electron chi connectivity index (χ2n) is 4.93. The van der Waals surface area contributed by atoms with Crippen molar-refractivity contribution in [3.8, 4) is 11.5 Å². The first kappa shape index (κ1) is 13.8. The largest absolute Gasteiger partial charge is 0.496 e. The molecular formula is C13H21NO3. The van der Waals surface area contributed by atoms with Crippen LogP contribution in [0.4, 0.5) is 0 Å². The first-order chi connectivity index (χ1) is 7.93. The summed E-state index contributed by atoms with van der Waals surface area (Å²) in [5.41, 5.74) is 1.96. The van der Waals surface area contributed by atoms with E-state index in [1.807, 2.05) is 12.1 Å².